The minimum absolute atomic E-state index is 0.0208. The van der Waals surface area contributed by atoms with Crippen LogP contribution in [-0.2, 0) is 50.3 Å². The highest BCUT2D eigenvalue weighted by Crippen LogP contribution is 2.38. The largest absolute Gasteiger partial charge is 0.523 e. The number of alkyl halides is 7. The lowest BCUT2D eigenvalue weighted by Gasteiger charge is -2.36. The molecule has 0 spiro atoms. The average molecular weight is 1030 g/mol. The van der Waals surface area contributed by atoms with E-state index in [-0.39, 0.29) is 41.5 Å². The molecule has 0 radical (unpaired) electrons. The van der Waals surface area contributed by atoms with Crippen LogP contribution in [0.15, 0.2) is 60.7 Å². The van der Waals surface area contributed by atoms with Crippen molar-refractivity contribution in [2.45, 2.75) is 160 Å². The topological polar surface area (TPSA) is 130 Å². The standard InChI is InChI=1S/C16H27FO2Si.C10H20F4O4SSi.C10H13FO2.C9H21FO2Si/c1-16(2,3)20(4,5)19-13-15(17)12-18-11-14-9-7-6-8-10-14;1-9(2,3)20(4,5)18-7-8(11)6-17-19(15,16)10(12,13)14;11-10(6-12)8-13-7-9-4-2-1-3-5-9;1-9(2,3)13(4,5)12-7-8(10)6-11/h6-10,15H,11-13H2,1-5H3;8H,6-7H2,1-5H3;1-5,10,12H,6-8H2;8,11H,6-7H2,1-5H3/t15-;8-;10-;8-/m1101/s1. The van der Waals surface area contributed by atoms with Gasteiger partial charge in [0.05, 0.1) is 59.5 Å². The van der Waals surface area contributed by atoms with Crippen LogP contribution in [-0.4, -0.2) is 127 Å². The van der Waals surface area contributed by atoms with Gasteiger partial charge in [0.2, 0.25) is 0 Å². The molecule has 2 N–H and O–H groups in total. The molecule has 4 atom stereocenters. The molecule has 2 aromatic rings. The lowest BCUT2D eigenvalue weighted by molar-refractivity contribution is -0.0557. The molecule has 0 amide bonds. The van der Waals surface area contributed by atoms with Crippen LogP contribution in [0.4, 0.5) is 30.7 Å². The van der Waals surface area contributed by atoms with Gasteiger partial charge in [-0.1, -0.05) is 123 Å². The highest BCUT2D eigenvalue weighted by molar-refractivity contribution is 7.87. The Bertz CT molecular complexity index is 1660. The van der Waals surface area contributed by atoms with Crippen molar-refractivity contribution < 1.29 is 76.3 Å². The van der Waals surface area contributed by atoms with Gasteiger partial charge in [0.25, 0.3) is 0 Å². The van der Waals surface area contributed by atoms with Crippen molar-refractivity contribution in [3.05, 3.63) is 71.8 Å². The molecule has 388 valence electrons. The zero-order valence-electron chi connectivity index (χ0n) is 41.9. The molecule has 2 aromatic carbocycles. The number of hydrogen-bond donors (Lipinski definition) is 2. The van der Waals surface area contributed by atoms with Gasteiger partial charge in [-0.2, -0.15) is 21.6 Å². The van der Waals surface area contributed by atoms with E-state index in [0.29, 0.717) is 13.2 Å². The number of ether oxygens (including phenoxy) is 2. The predicted molar refractivity (Wildman–Crippen MR) is 256 cm³/mol. The van der Waals surface area contributed by atoms with Gasteiger partial charge in [0, 0.05) is 0 Å². The quantitative estimate of drug-likeness (QED) is 0.0509. The number of aliphatic hydroxyl groups excluding tert-OH is 2. The maximum atomic E-state index is 13.8. The third-order valence-electron chi connectivity index (χ3n) is 11.2. The fourth-order valence-corrected chi connectivity index (χ4v) is 7.29. The Kier molecular flexibility index (Phi) is 30.2. The number of benzene rings is 2. The summed E-state index contributed by atoms with van der Waals surface area (Å²) in [4.78, 5) is 0. The van der Waals surface area contributed by atoms with Gasteiger partial charge < -0.3 is 33.0 Å². The Morgan fingerprint density at radius 2 is 0.758 bits per heavy atom. The first-order chi connectivity index (χ1) is 29.9. The number of rotatable bonds is 22. The first-order valence-corrected chi connectivity index (χ1v) is 31.9. The number of halogens is 7. The Balaban J connectivity index is 0. The predicted octanol–water partition coefficient (Wildman–Crippen LogP) is 11.6. The van der Waals surface area contributed by atoms with E-state index < -0.39 is 91.7 Å². The Hall–Kier alpha value is -1.77. The molecule has 66 heavy (non-hydrogen) atoms. The molecule has 0 aromatic heterocycles. The summed E-state index contributed by atoms with van der Waals surface area (Å²) in [6.07, 6.45) is -5.52. The van der Waals surface area contributed by atoms with E-state index in [4.69, 9.17) is 33.0 Å². The highest BCUT2D eigenvalue weighted by atomic mass is 32.2. The fourth-order valence-electron chi connectivity index (χ4n) is 3.74. The van der Waals surface area contributed by atoms with Gasteiger partial charge in [0.15, 0.2) is 25.0 Å². The van der Waals surface area contributed by atoms with Crippen LogP contribution < -0.4 is 0 Å². The van der Waals surface area contributed by atoms with E-state index in [1.54, 1.807) is 0 Å². The van der Waals surface area contributed by atoms with Gasteiger partial charge in [-0.25, -0.2) is 17.6 Å². The normalized spacial score (nSPS) is 14.9. The average Bonchev–Trinajstić information content (AvgIpc) is 3.20. The second kappa shape index (κ2) is 30.1. The van der Waals surface area contributed by atoms with Crippen molar-refractivity contribution in [1.82, 2.24) is 0 Å². The summed E-state index contributed by atoms with van der Waals surface area (Å²) in [5.41, 5.74) is -3.48. The second-order valence-corrected chi connectivity index (χ2v) is 36.2. The molecule has 0 saturated carbocycles. The van der Waals surface area contributed by atoms with Gasteiger partial charge in [0.1, 0.15) is 31.3 Å². The molecule has 0 unspecified atom stereocenters. The van der Waals surface area contributed by atoms with Gasteiger partial charge in [-0.15, -0.1) is 0 Å². The molecule has 0 saturated heterocycles. The lowest BCUT2D eigenvalue weighted by Crippen LogP contribution is -2.42. The summed E-state index contributed by atoms with van der Waals surface area (Å²) < 4.78 is 140. The van der Waals surface area contributed by atoms with Crippen LogP contribution in [0.5, 0.6) is 0 Å². The summed E-state index contributed by atoms with van der Waals surface area (Å²) in [7, 11) is -11.7. The van der Waals surface area contributed by atoms with E-state index in [1.165, 1.54) is 0 Å². The van der Waals surface area contributed by atoms with E-state index in [2.05, 4.69) is 71.9 Å². The van der Waals surface area contributed by atoms with Crippen LogP contribution >= 0.6 is 0 Å². The van der Waals surface area contributed by atoms with E-state index in [1.807, 2.05) is 94.5 Å². The Morgan fingerprint density at radius 1 is 0.485 bits per heavy atom. The van der Waals surface area contributed by atoms with Gasteiger partial charge in [-0.3, -0.25) is 4.18 Å². The maximum Gasteiger partial charge on any atom is 0.523 e. The van der Waals surface area contributed by atoms with E-state index in [9.17, 15) is 39.2 Å². The zero-order chi connectivity index (χ0) is 51.8. The van der Waals surface area contributed by atoms with Crippen LogP contribution in [0.25, 0.3) is 0 Å². The molecule has 0 aliphatic rings. The molecule has 21 heteroatoms. The number of hydrogen-bond acceptors (Lipinski definition) is 10. The summed E-state index contributed by atoms with van der Waals surface area (Å²) in [6.45, 7) is 29.0. The molecule has 0 aliphatic carbocycles. The second-order valence-electron chi connectivity index (χ2n) is 20.2. The van der Waals surface area contributed by atoms with Gasteiger partial charge in [-0.05, 0) is 65.5 Å². The molecular formula is C45H81F7O10SSi3. The minimum atomic E-state index is -5.76. The van der Waals surface area contributed by atoms with Crippen molar-refractivity contribution in [3.63, 3.8) is 0 Å². The molecule has 0 aliphatic heterocycles. The lowest BCUT2D eigenvalue weighted by atomic mass is 10.2. The van der Waals surface area contributed by atoms with E-state index >= 15 is 0 Å². The third-order valence-corrected chi connectivity index (χ3v) is 25.7. The van der Waals surface area contributed by atoms with Crippen molar-refractivity contribution in [3.8, 4) is 0 Å². The summed E-state index contributed by atoms with van der Waals surface area (Å²) in [5.74, 6) is 0. The zero-order valence-corrected chi connectivity index (χ0v) is 45.7. The first kappa shape index (κ1) is 66.3. The van der Waals surface area contributed by atoms with Crippen molar-refractivity contribution >= 4 is 35.1 Å². The van der Waals surface area contributed by atoms with Crippen LogP contribution in [0, 0.1) is 0 Å². The summed E-state index contributed by atoms with van der Waals surface area (Å²) >= 11 is 0. The monoisotopic (exact) mass is 1030 g/mol. The third kappa shape index (κ3) is 28.7. The van der Waals surface area contributed by atoms with Crippen LogP contribution in [0.2, 0.25) is 54.4 Å². The molecule has 0 bridgehead atoms. The van der Waals surface area contributed by atoms with Crippen molar-refractivity contribution in [2.75, 3.05) is 52.9 Å². The molecule has 2 rings (SSSR count). The number of aliphatic hydroxyl groups is 2. The van der Waals surface area contributed by atoms with Crippen LogP contribution in [0.3, 0.4) is 0 Å². The SMILES string of the molecule is CC(C)(C)[Si](C)(C)OC[C@H](F)CO.CC(C)(C)[Si](C)(C)OC[C@H](F)COCc1ccccc1.CC(C)(C)[Si](C)(C)OC[C@H](F)COS(=O)(=O)C(F)(F)F.OC[C@H](F)COCc1ccccc1. The fraction of sp³-hybridized carbons (Fsp3) is 0.733. The first-order valence-electron chi connectivity index (χ1n) is 21.7. The molecule has 0 heterocycles. The summed E-state index contributed by atoms with van der Waals surface area (Å²) in [5, 5.41) is 16.9. The van der Waals surface area contributed by atoms with Gasteiger partial charge >= 0.3 is 15.6 Å². The minimum Gasteiger partial charge on any atom is -0.414 e. The highest BCUT2D eigenvalue weighted by Gasteiger charge is 2.48. The Labute approximate surface area is 394 Å². The van der Waals surface area contributed by atoms with E-state index in [0.717, 1.165) is 11.1 Å². The van der Waals surface area contributed by atoms with Crippen LogP contribution in [0.1, 0.15) is 73.4 Å². The smallest absolute Gasteiger partial charge is 0.414 e. The molecular weight excluding hydrogens is 950 g/mol. The van der Waals surface area contributed by atoms with Crippen molar-refractivity contribution in [2.24, 2.45) is 0 Å². The summed E-state index contributed by atoms with van der Waals surface area (Å²) in [6, 6.07) is 19.3. The Morgan fingerprint density at radius 3 is 1.05 bits per heavy atom. The molecule has 0 fully saturated rings. The maximum absolute atomic E-state index is 13.8. The molecule has 10 nitrogen and oxygen atoms in total. The van der Waals surface area contributed by atoms with Crippen molar-refractivity contribution in [1.29, 1.82) is 0 Å².